The zero-order chi connectivity index (χ0) is 16.7. The van der Waals surface area contributed by atoms with Gasteiger partial charge < -0.3 is 20.1 Å². The number of carbonyl (C=O) groups is 1. The molecule has 0 aliphatic heterocycles. The third-order valence-corrected chi connectivity index (χ3v) is 4.33. The van der Waals surface area contributed by atoms with E-state index < -0.39 is 0 Å². The molecule has 1 aromatic rings. The molecule has 1 aliphatic rings. The predicted octanol–water partition coefficient (Wildman–Crippen LogP) is 3.24. The van der Waals surface area contributed by atoms with E-state index in [1.54, 1.807) is 7.05 Å². The molecule has 23 heavy (non-hydrogen) atoms. The number of hydrogen-bond acceptors (Lipinski definition) is 3. The second kappa shape index (κ2) is 8.89. The van der Waals surface area contributed by atoms with Gasteiger partial charge in [0, 0.05) is 19.3 Å². The van der Waals surface area contributed by atoms with Crippen LogP contribution in [0.25, 0.3) is 0 Å². The molecule has 0 radical (unpaired) electrons. The summed E-state index contributed by atoms with van der Waals surface area (Å²) in [4.78, 5) is 13.4. The topological polar surface area (TPSA) is 61.8 Å². The fourth-order valence-electron chi connectivity index (χ4n) is 2.95. The summed E-state index contributed by atoms with van der Waals surface area (Å²) in [5.41, 5.74) is 1.81. The first kappa shape index (κ1) is 17.8. The van der Waals surface area contributed by atoms with Crippen LogP contribution in [0, 0.1) is 5.92 Å². The molecule has 0 unspecified atom stereocenters. The van der Waals surface area contributed by atoms with Gasteiger partial charge in [-0.15, -0.1) is 0 Å². The Bertz CT molecular complexity index is 507. The quantitative estimate of drug-likeness (QED) is 0.846. The Morgan fingerprint density at radius 2 is 2.26 bits per heavy atom. The first-order valence-electron chi connectivity index (χ1n) is 8.42. The molecule has 5 nitrogen and oxygen atoms in total. The summed E-state index contributed by atoms with van der Waals surface area (Å²) in [7, 11) is 1.66. The molecule has 128 valence electrons. The highest BCUT2D eigenvalue weighted by atomic mass is 16.5. The van der Waals surface area contributed by atoms with E-state index in [-0.39, 0.29) is 12.6 Å². The maximum atomic E-state index is 11.9. The Hall–Kier alpha value is -1.59. The number of nitrogens with zero attached hydrogens (tertiary/aromatic N) is 1. The Kier molecular flexibility index (Phi) is 6.86. The van der Waals surface area contributed by atoms with Crippen LogP contribution in [0.1, 0.15) is 38.2 Å². The van der Waals surface area contributed by atoms with E-state index in [4.69, 9.17) is 9.84 Å². The average molecular weight is 320 g/mol. The molecule has 1 aromatic carbocycles. The zero-order valence-electron chi connectivity index (χ0n) is 14.1. The Balaban J connectivity index is 1.85. The molecule has 2 rings (SSSR count). The van der Waals surface area contributed by atoms with E-state index in [9.17, 15) is 4.79 Å². The Morgan fingerprint density at radius 1 is 1.43 bits per heavy atom. The van der Waals surface area contributed by atoms with Crippen molar-refractivity contribution in [1.29, 1.82) is 0 Å². The minimum Gasteiger partial charge on any atom is -0.395 e. The monoisotopic (exact) mass is 320 g/mol. The lowest BCUT2D eigenvalue weighted by atomic mass is 9.89. The van der Waals surface area contributed by atoms with Crippen LogP contribution in [0.4, 0.5) is 10.5 Å². The largest absolute Gasteiger partial charge is 0.395 e. The van der Waals surface area contributed by atoms with Gasteiger partial charge in [-0.25, -0.2) is 4.79 Å². The number of aliphatic hydroxyl groups excluding tert-OH is 1. The number of nitrogens with one attached hydrogen (secondary N) is 1. The molecule has 1 saturated carbocycles. The summed E-state index contributed by atoms with van der Waals surface area (Å²) >= 11 is 0. The van der Waals surface area contributed by atoms with Gasteiger partial charge in [0.25, 0.3) is 0 Å². The Morgan fingerprint density at radius 3 is 3.00 bits per heavy atom. The molecule has 2 N–H and O–H groups in total. The van der Waals surface area contributed by atoms with Crippen molar-refractivity contribution in [2.24, 2.45) is 5.92 Å². The molecule has 0 saturated heterocycles. The lowest BCUT2D eigenvalue weighted by Gasteiger charge is -2.26. The maximum Gasteiger partial charge on any atom is 0.321 e. The summed E-state index contributed by atoms with van der Waals surface area (Å²) < 4.78 is 6.03. The standard InChI is InChI=1S/C18H28N2O3/c1-14-5-3-8-17(11-14)23-13-15-6-4-7-16(12-15)19-18(22)20(2)9-10-21/h4,6-7,12,14,17,21H,3,5,8-11,13H2,1-2H3,(H,19,22)/t14-,17-/m0/s1. The molecule has 0 heterocycles. The smallest absolute Gasteiger partial charge is 0.321 e. The van der Waals surface area contributed by atoms with E-state index in [1.807, 2.05) is 24.3 Å². The summed E-state index contributed by atoms with van der Waals surface area (Å²) in [5.74, 6) is 0.751. The first-order valence-corrected chi connectivity index (χ1v) is 8.42. The second-order valence-corrected chi connectivity index (χ2v) is 6.48. The lowest BCUT2D eigenvalue weighted by Crippen LogP contribution is -2.33. The van der Waals surface area contributed by atoms with Crippen LogP contribution in [0.3, 0.4) is 0 Å². The highest BCUT2D eigenvalue weighted by Gasteiger charge is 2.19. The maximum absolute atomic E-state index is 11.9. The number of carbonyl (C=O) groups excluding carboxylic acids is 1. The summed E-state index contributed by atoms with van der Waals surface area (Å²) in [6, 6.07) is 7.51. The third-order valence-electron chi connectivity index (χ3n) is 4.33. The van der Waals surface area contributed by atoms with Gasteiger partial charge in [0.2, 0.25) is 0 Å². The molecule has 5 heteroatoms. The highest BCUT2D eigenvalue weighted by Crippen LogP contribution is 2.26. The van der Waals surface area contributed by atoms with Crippen LogP contribution in [0.15, 0.2) is 24.3 Å². The van der Waals surface area contributed by atoms with Crippen molar-refractivity contribution in [2.75, 3.05) is 25.5 Å². The number of likely N-dealkylation sites (N-methyl/N-ethyl adjacent to an activating group) is 1. The Labute approximate surface area is 138 Å². The normalized spacial score (nSPS) is 21.0. The van der Waals surface area contributed by atoms with Crippen molar-refractivity contribution >= 4 is 11.7 Å². The van der Waals surface area contributed by atoms with E-state index in [1.165, 1.54) is 17.7 Å². The summed E-state index contributed by atoms with van der Waals surface area (Å²) in [5, 5.41) is 11.7. The SMILES string of the molecule is C[C@H]1CCC[C@H](OCc2cccc(NC(=O)N(C)CCO)c2)C1. The fourth-order valence-corrected chi connectivity index (χ4v) is 2.95. The van der Waals surface area contributed by atoms with Gasteiger partial charge in [-0.1, -0.05) is 31.9 Å². The number of anilines is 1. The molecule has 0 aromatic heterocycles. The number of hydrogen-bond donors (Lipinski definition) is 2. The molecule has 0 bridgehead atoms. The molecule has 2 atom stereocenters. The first-order chi connectivity index (χ1) is 11.1. The van der Waals surface area contributed by atoms with E-state index in [0.29, 0.717) is 19.3 Å². The highest BCUT2D eigenvalue weighted by molar-refractivity contribution is 5.89. The lowest BCUT2D eigenvalue weighted by molar-refractivity contribution is 0.00468. The predicted molar refractivity (Wildman–Crippen MR) is 91.4 cm³/mol. The van der Waals surface area contributed by atoms with E-state index in [0.717, 1.165) is 30.0 Å². The van der Waals surface area contributed by atoms with Crippen molar-refractivity contribution in [3.63, 3.8) is 0 Å². The number of urea groups is 1. The van der Waals surface area contributed by atoms with Gasteiger partial charge in [0.1, 0.15) is 0 Å². The number of aliphatic hydroxyl groups is 1. The van der Waals surface area contributed by atoms with Crippen molar-refractivity contribution < 1.29 is 14.6 Å². The minimum atomic E-state index is -0.224. The third kappa shape index (κ3) is 5.84. The van der Waals surface area contributed by atoms with Crippen molar-refractivity contribution in [2.45, 2.75) is 45.3 Å². The molecule has 1 aliphatic carbocycles. The molecule has 1 fully saturated rings. The van der Waals surface area contributed by atoms with Crippen molar-refractivity contribution in [1.82, 2.24) is 4.90 Å². The van der Waals surface area contributed by atoms with Crippen molar-refractivity contribution in [3.05, 3.63) is 29.8 Å². The number of benzene rings is 1. The van der Waals surface area contributed by atoms with Crippen LogP contribution in [0.2, 0.25) is 0 Å². The van der Waals surface area contributed by atoms with Crippen LogP contribution in [-0.4, -0.2) is 42.3 Å². The fraction of sp³-hybridized carbons (Fsp3) is 0.611. The van der Waals surface area contributed by atoms with Gasteiger partial charge in [-0.05, 0) is 36.5 Å². The van der Waals surface area contributed by atoms with E-state index >= 15 is 0 Å². The van der Waals surface area contributed by atoms with Crippen molar-refractivity contribution in [3.8, 4) is 0 Å². The molecule has 0 spiro atoms. The van der Waals surface area contributed by atoms with E-state index in [2.05, 4.69) is 12.2 Å². The second-order valence-electron chi connectivity index (χ2n) is 6.48. The molecular formula is C18H28N2O3. The van der Waals surface area contributed by atoms with Gasteiger partial charge in [0.15, 0.2) is 0 Å². The van der Waals surface area contributed by atoms with Crippen LogP contribution >= 0.6 is 0 Å². The van der Waals surface area contributed by atoms with Gasteiger partial charge >= 0.3 is 6.03 Å². The number of rotatable bonds is 6. The molecule has 2 amide bonds. The molecular weight excluding hydrogens is 292 g/mol. The van der Waals surface area contributed by atoms with Crippen LogP contribution < -0.4 is 5.32 Å². The van der Waals surface area contributed by atoms with Gasteiger partial charge in [0.05, 0.1) is 19.3 Å². The summed E-state index contributed by atoms with van der Waals surface area (Å²) in [6.07, 6.45) is 5.20. The average Bonchev–Trinajstić information content (AvgIpc) is 2.53. The van der Waals surface area contributed by atoms with Crippen LogP contribution in [0.5, 0.6) is 0 Å². The number of ether oxygens (including phenoxy) is 1. The number of amides is 2. The zero-order valence-corrected chi connectivity index (χ0v) is 14.1. The summed E-state index contributed by atoms with van der Waals surface area (Å²) in [6.45, 7) is 3.13. The van der Waals surface area contributed by atoms with Crippen LogP contribution in [-0.2, 0) is 11.3 Å². The minimum absolute atomic E-state index is 0.0440. The van der Waals surface area contributed by atoms with Gasteiger partial charge in [-0.3, -0.25) is 0 Å². The van der Waals surface area contributed by atoms with Gasteiger partial charge in [-0.2, -0.15) is 0 Å².